The molecule has 7 heteroatoms. The zero-order valence-corrected chi connectivity index (χ0v) is 11.9. The van der Waals surface area contributed by atoms with Crippen molar-refractivity contribution in [2.75, 3.05) is 26.2 Å². The molecule has 0 aromatic heterocycles. The van der Waals surface area contributed by atoms with E-state index in [1.54, 1.807) is 12.1 Å². The summed E-state index contributed by atoms with van der Waals surface area (Å²) in [6.45, 7) is 0. The number of carbonyl (C=O) groups excluding carboxylic acids is 3. The predicted molar refractivity (Wildman–Crippen MR) is 72.5 cm³/mol. The molecule has 2 rings (SSSR count). The van der Waals surface area contributed by atoms with Gasteiger partial charge in [0.15, 0.2) is 11.8 Å². The normalized spacial score (nSPS) is 17.9. The number of rotatable bonds is 4. The first kappa shape index (κ1) is 14.8. The van der Waals surface area contributed by atoms with Crippen LogP contribution in [0.25, 0.3) is 0 Å². The second-order valence-corrected chi connectivity index (χ2v) is 4.37. The number of carbonyl (C=O) groups is 3. The van der Waals surface area contributed by atoms with E-state index in [9.17, 15) is 14.4 Å². The third-order valence-electron chi connectivity index (χ3n) is 3.23. The van der Waals surface area contributed by atoms with E-state index < -0.39 is 23.7 Å². The lowest BCUT2D eigenvalue weighted by atomic mass is 10.2. The summed E-state index contributed by atoms with van der Waals surface area (Å²) in [5, 5.41) is 0. The third-order valence-corrected chi connectivity index (χ3v) is 3.23. The van der Waals surface area contributed by atoms with E-state index in [4.69, 9.17) is 9.47 Å². The molecule has 1 saturated heterocycles. The molecule has 1 atom stereocenters. The average molecular weight is 293 g/mol. The van der Waals surface area contributed by atoms with Gasteiger partial charge in [-0.25, -0.2) is 4.79 Å². The summed E-state index contributed by atoms with van der Waals surface area (Å²) >= 11 is 0. The van der Waals surface area contributed by atoms with Crippen molar-refractivity contribution in [2.45, 2.75) is 12.5 Å². The quantitative estimate of drug-likeness (QED) is 0.595. The fourth-order valence-electron chi connectivity index (χ4n) is 2.23. The van der Waals surface area contributed by atoms with Crippen molar-refractivity contribution in [2.24, 2.45) is 0 Å². The molecule has 1 aliphatic rings. The molecule has 1 unspecified atom stereocenters. The highest BCUT2D eigenvalue weighted by Crippen LogP contribution is 2.36. The number of ketones is 1. The van der Waals surface area contributed by atoms with Gasteiger partial charge in [0, 0.05) is 6.07 Å². The van der Waals surface area contributed by atoms with Gasteiger partial charge in [-0.1, -0.05) is 0 Å². The van der Waals surface area contributed by atoms with Crippen molar-refractivity contribution in [3.05, 3.63) is 18.2 Å². The molecule has 7 nitrogen and oxygen atoms in total. The Morgan fingerprint density at radius 3 is 2.48 bits per heavy atom. The number of amides is 1. The maximum absolute atomic E-state index is 12.1. The van der Waals surface area contributed by atoms with Gasteiger partial charge in [-0.15, -0.1) is 0 Å². The summed E-state index contributed by atoms with van der Waals surface area (Å²) in [5.41, 5.74) is 0.295. The maximum Gasteiger partial charge on any atom is 0.336 e. The molecular weight excluding hydrogens is 278 g/mol. The molecule has 1 fully saturated rings. The van der Waals surface area contributed by atoms with E-state index in [2.05, 4.69) is 4.74 Å². The zero-order valence-electron chi connectivity index (χ0n) is 11.9. The molecule has 1 aromatic carbocycles. The Morgan fingerprint density at radius 1 is 1.19 bits per heavy atom. The highest BCUT2D eigenvalue weighted by Gasteiger charge is 2.46. The molecule has 0 aliphatic carbocycles. The minimum absolute atomic E-state index is 0.295. The molecule has 0 N–H and O–H groups in total. The van der Waals surface area contributed by atoms with Gasteiger partial charge in [-0.3, -0.25) is 14.5 Å². The van der Waals surface area contributed by atoms with Crippen LogP contribution in [0, 0.1) is 0 Å². The molecule has 21 heavy (non-hydrogen) atoms. The van der Waals surface area contributed by atoms with Gasteiger partial charge in [0.25, 0.3) is 0 Å². The molecule has 112 valence electrons. The average Bonchev–Trinajstić information content (AvgIpc) is 2.79. The Hall–Kier alpha value is -2.57. The van der Waals surface area contributed by atoms with Crippen LogP contribution in [0.15, 0.2) is 18.2 Å². The van der Waals surface area contributed by atoms with Gasteiger partial charge in [-0.2, -0.15) is 0 Å². The first-order chi connectivity index (χ1) is 10.0. The van der Waals surface area contributed by atoms with Gasteiger partial charge >= 0.3 is 5.97 Å². The van der Waals surface area contributed by atoms with Crippen LogP contribution in [0.2, 0.25) is 0 Å². The smallest absolute Gasteiger partial charge is 0.336 e. The summed E-state index contributed by atoms with van der Waals surface area (Å²) in [6, 6.07) is 3.49. The number of Topliss-reactive ketones (excluding diaryl/α,β-unsaturated/α-hetero) is 1. The second kappa shape index (κ2) is 5.82. The number of nitrogens with zero attached hydrogens (tertiary/aromatic N) is 1. The van der Waals surface area contributed by atoms with Crippen molar-refractivity contribution >= 4 is 23.3 Å². The van der Waals surface area contributed by atoms with Crippen LogP contribution in [0.5, 0.6) is 11.5 Å². The Kier molecular flexibility index (Phi) is 4.11. The van der Waals surface area contributed by atoms with Crippen LogP contribution in [-0.4, -0.2) is 45.0 Å². The molecule has 1 heterocycles. The molecule has 0 bridgehead atoms. The van der Waals surface area contributed by atoms with Crippen molar-refractivity contribution in [1.29, 1.82) is 0 Å². The minimum atomic E-state index is -1.29. The van der Waals surface area contributed by atoms with E-state index >= 15 is 0 Å². The van der Waals surface area contributed by atoms with Crippen LogP contribution in [-0.2, 0) is 19.1 Å². The Balaban J connectivity index is 2.54. The molecule has 0 radical (unpaired) electrons. The highest BCUT2D eigenvalue weighted by atomic mass is 16.5. The lowest BCUT2D eigenvalue weighted by Crippen LogP contribution is -2.42. The van der Waals surface area contributed by atoms with Crippen LogP contribution in [0.3, 0.4) is 0 Å². The number of ether oxygens (including phenoxy) is 3. The number of esters is 1. The first-order valence-electron chi connectivity index (χ1n) is 6.18. The Bertz CT molecular complexity index is 597. The first-order valence-corrected chi connectivity index (χ1v) is 6.18. The van der Waals surface area contributed by atoms with E-state index in [1.807, 2.05) is 0 Å². The van der Waals surface area contributed by atoms with Gasteiger partial charge in [0.1, 0.15) is 11.5 Å². The van der Waals surface area contributed by atoms with Crippen LogP contribution in [0.1, 0.15) is 6.42 Å². The van der Waals surface area contributed by atoms with E-state index in [0.717, 1.165) is 4.90 Å². The Labute approximate surface area is 121 Å². The Morgan fingerprint density at radius 2 is 1.90 bits per heavy atom. The van der Waals surface area contributed by atoms with Crippen LogP contribution < -0.4 is 14.4 Å². The fraction of sp³-hybridized carbons (Fsp3) is 0.357. The predicted octanol–water partition coefficient (Wildman–Crippen LogP) is 0.551. The zero-order chi connectivity index (χ0) is 15.6. The van der Waals surface area contributed by atoms with Gasteiger partial charge in [0.05, 0.1) is 33.4 Å². The molecule has 1 aromatic rings. The lowest BCUT2D eigenvalue weighted by molar-refractivity contribution is -0.144. The van der Waals surface area contributed by atoms with Crippen molar-refractivity contribution < 1.29 is 28.6 Å². The summed E-state index contributed by atoms with van der Waals surface area (Å²) < 4.78 is 14.9. The minimum Gasteiger partial charge on any atom is -0.497 e. The lowest BCUT2D eigenvalue weighted by Gasteiger charge is -2.24. The molecule has 1 amide bonds. The second-order valence-electron chi connectivity index (χ2n) is 4.37. The van der Waals surface area contributed by atoms with Crippen molar-refractivity contribution in [1.82, 2.24) is 0 Å². The number of hydrogen-bond donors (Lipinski definition) is 0. The molecule has 1 aliphatic heterocycles. The molecule has 0 saturated carbocycles. The summed E-state index contributed by atoms with van der Waals surface area (Å²) in [4.78, 5) is 36.9. The standard InChI is InChI=1S/C14H15NO6/c1-19-8-4-5-11(20-2)9(6-8)15-12(17)7-10(16)13(15)14(18)21-3/h4-6,13H,7H2,1-3H3. The highest BCUT2D eigenvalue weighted by molar-refractivity contribution is 6.25. The number of methoxy groups -OCH3 is 3. The van der Waals surface area contributed by atoms with Crippen molar-refractivity contribution in [3.8, 4) is 11.5 Å². The topological polar surface area (TPSA) is 82.1 Å². The number of benzene rings is 1. The van der Waals surface area contributed by atoms with Crippen LogP contribution in [0.4, 0.5) is 5.69 Å². The third kappa shape index (κ3) is 2.54. The SMILES string of the molecule is COC(=O)C1C(=O)CC(=O)N1c1cc(OC)ccc1OC. The van der Waals surface area contributed by atoms with Gasteiger partial charge < -0.3 is 14.2 Å². The fourth-order valence-corrected chi connectivity index (χ4v) is 2.23. The molecular formula is C14H15NO6. The van der Waals surface area contributed by atoms with Crippen molar-refractivity contribution in [3.63, 3.8) is 0 Å². The summed E-state index contributed by atoms with van der Waals surface area (Å²) in [6.07, 6.45) is -0.347. The summed E-state index contributed by atoms with van der Waals surface area (Å²) in [5.74, 6) is -0.941. The number of hydrogen-bond acceptors (Lipinski definition) is 6. The summed E-state index contributed by atoms with van der Waals surface area (Å²) in [7, 11) is 4.07. The van der Waals surface area contributed by atoms with E-state index in [1.165, 1.54) is 27.4 Å². The largest absolute Gasteiger partial charge is 0.497 e. The monoisotopic (exact) mass is 293 g/mol. The maximum atomic E-state index is 12.1. The van der Waals surface area contributed by atoms with E-state index in [-0.39, 0.29) is 6.42 Å². The van der Waals surface area contributed by atoms with Crippen LogP contribution >= 0.6 is 0 Å². The van der Waals surface area contributed by atoms with E-state index in [0.29, 0.717) is 17.2 Å². The van der Waals surface area contributed by atoms with Gasteiger partial charge in [-0.05, 0) is 12.1 Å². The van der Waals surface area contributed by atoms with Gasteiger partial charge in [0.2, 0.25) is 5.91 Å². The molecule has 0 spiro atoms. The number of anilines is 1.